The highest BCUT2D eigenvalue weighted by Gasteiger charge is 2.27. The first-order valence-electron chi connectivity index (χ1n) is 4.64. The van der Waals surface area contributed by atoms with Crippen LogP contribution in [0.2, 0.25) is 0 Å². The summed E-state index contributed by atoms with van der Waals surface area (Å²) in [5, 5.41) is 6.54. The number of hydrazone groups is 1. The first-order chi connectivity index (χ1) is 5.94. The fourth-order valence-corrected chi connectivity index (χ4v) is 1.96. The van der Waals surface area contributed by atoms with E-state index in [-0.39, 0.29) is 5.08 Å². The van der Waals surface area contributed by atoms with E-state index in [2.05, 4.69) is 53.6 Å². The van der Waals surface area contributed by atoms with Gasteiger partial charge in [0.05, 0.1) is 0 Å². The van der Waals surface area contributed by atoms with Gasteiger partial charge in [0.2, 0.25) is 0 Å². The van der Waals surface area contributed by atoms with Crippen molar-refractivity contribution in [2.24, 2.45) is 10.5 Å². The molecule has 0 bridgehead atoms. The number of hydrogen-bond acceptors (Lipinski definition) is 3. The van der Waals surface area contributed by atoms with Crippen molar-refractivity contribution in [3.05, 3.63) is 0 Å². The zero-order valence-electron chi connectivity index (χ0n) is 8.79. The van der Waals surface area contributed by atoms with Crippen LogP contribution in [-0.4, -0.2) is 34.4 Å². The van der Waals surface area contributed by atoms with Gasteiger partial charge in [-0.2, -0.15) is 5.10 Å². The largest absolute Gasteiger partial charge is 0.330 e. The van der Waals surface area contributed by atoms with Crippen LogP contribution in [0.15, 0.2) is 5.10 Å². The van der Waals surface area contributed by atoms with E-state index < -0.39 is 0 Å². The molecule has 1 atom stereocenters. The Labute approximate surface area is 88.9 Å². The molecule has 1 unspecified atom stereocenters. The highest BCUT2D eigenvalue weighted by Crippen LogP contribution is 2.23. The summed E-state index contributed by atoms with van der Waals surface area (Å²) in [6.45, 7) is 10.8. The Morgan fingerprint density at radius 1 is 1.46 bits per heavy atom. The molecule has 1 heterocycles. The van der Waals surface area contributed by atoms with E-state index >= 15 is 0 Å². The SMILES string of the molecule is CCN1N=CN(CC(C)(C)C)C1Br. The lowest BCUT2D eigenvalue weighted by Crippen LogP contribution is -2.39. The fourth-order valence-electron chi connectivity index (χ4n) is 1.31. The molecule has 3 nitrogen and oxygen atoms in total. The van der Waals surface area contributed by atoms with Crippen LogP contribution in [0.1, 0.15) is 27.7 Å². The van der Waals surface area contributed by atoms with Gasteiger partial charge in [0, 0.05) is 13.1 Å². The first kappa shape index (κ1) is 10.8. The molecule has 0 aromatic rings. The second kappa shape index (κ2) is 3.86. The minimum atomic E-state index is 0.233. The van der Waals surface area contributed by atoms with Crippen molar-refractivity contribution in [1.29, 1.82) is 0 Å². The van der Waals surface area contributed by atoms with E-state index in [1.165, 1.54) is 0 Å². The van der Waals surface area contributed by atoms with Crippen molar-refractivity contribution in [2.75, 3.05) is 13.1 Å². The van der Waals surface area contributed by atoms with Gasteiger partial charge in [-0.25, -0.2) is 0 Å². The zero-order chi connectivity index (χ0) is 10.1. The van der Waals surface area contributed by atoms with Crippen LogP contribution in [0.4, 0.5) is 0 Å². The van der Waals surface area contributed by atoms with Crippen molar-refractivity contribution in [2.45, 2.75) is 32.8 Å². The molecule has 1 aliphatic rings. The first-order valence-corrected chi connectivity index (χ1v) is 5.56. The minimum absolute atomic E-state index is 0.233. The van der Waals surface area contributed by atoms with Gasteiger partial charge in [0.25, 0.3) is 0 Å². The summed E-state index contributed by atoms with van der Waals surface area (Å²) in [6, 6.07) is 0. The number of halogens is 1. The zero-order valence-corrected chi connectivity index (χ0v) is 10.4. The minimum Gasteiger partial charge on any atom is -0.330 e. The molecule has 4 heteroatoms. The van der Waals surface area contributed by atoms with Gasteiger partial charge in [-0.1, -0.05) is 20.8 Å². The van der Waals surface area contributed by atoms with Gasteiger partial charge >= 0.3 is 0 Å². The lowest BCUT2D eigenvalue weighted by Gasteiger charge is -2.30. The average molecular weight is 248 g/mol. The monoisotopic (exact) mass is 247 g/mol. The third-order valence-electron chi connectivity index (χ3n) is 1.85. The quantitative estimate of drug-likeness (QED) is 0.551. The predicted octanol–water partition coefficient (Wildman–Crippen LogP) is 2.29. The van der Waals surface area contributed by atoms with Gasteiger partial charge < -0.3 is 4.90 Å². The van der Waals surface area contributed by atoms with Crippen molar-refractivity contribution < 1.29 is 0 Å². The van der Waals surface area contributed by atoms with Crippen molar-refractivity contribution in [3.8, 4) is 0 Å². The maximum absolute atomic E-state index is 4.29. The van der Waals surface area contributed by atoms with Crippen LogP contribution in [-0.2, 0) is 0 Å². The maximum atomic E-state index is 4.29. The Kier molecular flexibility index (Phi) is 3.22. The van der Waals surface area contributed by atoms with Crippen LogP contribution < -0.4 is 0 Å². The van der Waals surface area contributed by atoms with Gasteiger partial charge in [-0.15, -0.1) is 0 Å². The van der Waals surface area contributed by atoms with E-state index in [0.717, 1.165) is 13.1 Å². The summed E-state index contributed by atoms with van der Waals surface area (Å²) in [5.41, 5.74) is 0.307. The highest BCUT2D eigenvalue weighted by atomic mass is 79.9. The van der Waals surface area contributed by atoms with Crippen molar-refractivity contribution in [3.63, 3.8) is 0 Å². The molecule has 0 amide bonds. The van der Waals surface area contributed by atoms with Gasteiger partial charge in [-0.05, 0) is 28.3 Å². The summed E-state index contributed by atoms with van der Waals surface area (Å²) in [5.74, 6) is 0. The Hall–Kier alpha value is -0.250. The number of hydrogen-bond donors (Lipinski definition) is 0. The number of alkyl halides is 1. The van der Waals surface area contributed by atoms with Crippen LogP contribution in [0.3, 0.4) is 0 Å². The molecule has 0 N–H and O–H groups in total. The molecule has 0 aromatic heterocycles. The molecule has 0 saturated heterocycles. The summed E-state index contributed by atoms with van der Waals surface area (Å²) in [4.78, 5) is 2.21. The lowest BCUT2D eigenvalue weighted by molar-refractivity contribution is 0.183. The summed E-state index contributed by atoms with van der Waals surface area (Å²) >= 11 is 3.61. The van der Waals surface area contributed by atoms with Gasteiger partial charge in [0.1, 0.15) is 6.34 Å². The number of nitrogens with zero attached hydrogens (tertiary/aromatic N) is 3. The molecular weight excluding hydrogens is 230 g/mol. The molecule has 0 saturated carbocycles. The fraction of sp³-hybridized carbons (Fsp3) is 0.889. The molecule has 1 aliphatic heterocycles. The van der Waals surface area contributed by atoms with E-state index in [0.29, 0.717) is 5.41 Å². The molecule has 1 rings (SSSR count). The van der Waals surface area contributed by atoms with Crippen LogP contribution in [0, 0.1) is 5.41 Å². The van der Waals surface area contributed by atoms with Crippen LogP contribution in [0.5, 0.6) is 0 Å². The highest BCUT2D eigenvalue weighted by molar-refractivity contribution is 9.09. The summed E-state index contributed by atoms with van der Waals surface area (Å²) in [7, 11) is 0. The molecule has 0 spiro atoms. The smallest absolute Gasteiger partial charge is 0.175 e. The third-order valence-corrected chi connectivity index (χ3v) is 2.85. The molecule has 0 fully saturated rings. The van der Waals surface area contributed by atoms with E-state index in [1.54, 1.807) is 0 Å². The Morgan fingerprint density at radius 2 is 2.08 bits per heavy atom. The molecule has 0 radical (unpaired) electrons. The average Bonchev–Trinajstić information content (AvgIpc) is 2.30. The Balaban J connectivity index is 2.51. The molecular formula is C9H18BrN3. The van der Waals surface area contributed by atoms with Crippen LogP contribution >= 0.6 is 15.9 Å². The van der Waals surface area contributed by atoms with Crippen LogP contribution in [0.25, 0.3) is 0 Å². The molecule has 76 valence electrons. The van der Waals surface area contributed by atoms with Crippen molar-refractivity contribution in [1.82, 2.24) is 9.91 Å². The predicted molar refractivity (Wildman–Crippen MR) is 59.7 cm³/mol. The summed E-state index contributed by atoms with van der Waals surface area (Å²) in [6.07, 6.45) is 1.91. The van der Waals surface area contributed by atoms with Gasteiger partial charge in [-0.3, -0.25) is 5.01 Å². The van der Waals surface area contributed by atoms with Gasteiger partial charge in [0.15, 0.2) is 5.08 Å². The topological polar surface area (TPSA) is 18.8 Å². The number of rotatable bonds is 2. The Morgan fingerprint density at radius 3 is 2.46 bits per heavy atom. The summed E-state index contributed by atoms with van der Waals surface area (Å²) < 4.78 is 0. The van der Waals surface area contributed by atoms with Crippen molar-refractivity contribution >= 4 is 22.3 Å². The normalized spacial score (nSPS) is 23.0. The van der Waals surface area contributed by atoms with E-state index in [9.17, 15) is 0 Å². The van der Waals surface area contributed by atoms with E-state index in [1.807, 2.05) is 11.3 Å². The molecule has 0 aromatic carbocycles. The maximum Gasteiger partial charge on any atom is 0.175 e. The Bertz CT molecular complexity index is 198. The standard InChI is InChI=1S/C9H18BrN3/c1-5-13-8(10)12(7-11-13)6-9(2,3)4/h7-8H,5-6H2,1-4H3. The molecule has 13 heavy (non-hydrogen) atoms. The third kappa shape index (κ3) is 2.86. The second-order valence-electron chi connectivity index (χ2n) is 4.53. The molecule has 0 aliphatic carbocycles. The lowest BCUT2D eigenvalue weighted by atomic mass is 9.96. The van der Waals surface area contributed by atoms with E-state index in [4.69, 9.17) is 0 Å². The second-order valence-corrected chi connectivity index (χ2v) is 5.35.